The molecule has 0 atom stereocenters. The fourth-order valence-electron chi connectivity index (χ4n) is 0.807. The van der Waals surface area contributed by atoms with Gasteiger partial charge in [-0.05, 0) is 0 Å². The summed E-state index contributed by atoms with van der Waals surface area (Å²) in [5.74, 6) is -0.357. The molecule has 0 aromatic carbocycles. The quantitative estimate of drug-likeness (QED) is 0.636. The van der Waals surface area contributed by atoms with E-state index in [0.717, 1.165) is 0 Å². The van der Waals surface area contributed by atoms with Gasteiger partial charge < -0.3 is 9.47 Å². The minimum absolute atomic E-state index is 0.0702. The molecule has 1 aromatic heterocycles. The van der Waals surface area contributed by atoms with E-state index in [0.29, 0.717) is 18.9 Å². The molecule has 0 amide bonds. The summed E-state index contributed by atoms with van der Waals surface area (Å²) in [5, 5.41) is 1.67. The molecular formula is C7H7NO3S. The van der Waals surface area contributed by atoms with Crippen LogP contribution >= 0.6 is 11.3 Å². The van der Waals surface area contributed by atoms with Crippen molar-refractivity contribution in [2.24, 2.45) is 0 Å². The Hall–Kier alpha value is -0.940. The average Bonchev–Trinajstić information content (AvgIpc) is 2.47. The molecule has 0 radical (unpaired) electrons. The highest BCUT2D eigenvalue weighted by Crippen LogP contribution is 2.09. The normalized spacial score (nSPS) is 17.0. The number of nitrogens with zero attached hydrogens (tertiary/aromatic N) is 1. The van der Waals surface area contributed by atoms with Crippen molar-refractivity contribution in [1.82, 2.24) is 4.98 Å². The Bertz CT molecular complexity index is 268. The lowest BCUT2D eigenvalue weighted by molar-refractivity contribution is -0.103. The van der Waals surface area contributed by atoms with Crippen LogP contribution in [-0.2, 0) is 9.47 Å². The monoisotopic (exact) mass is 185 g/mol. The number of ether oxygens (including phenoxy) is 2. The highest BCUT2D eigenvalue weighted by atomic mass is 32.1. The van der Waals surface area contributed by atoms with Crippen LogP contribution in [0.2, 0.25) is 0 Å². The standard InChI is InChI=1S/C7H7NO3S/c9-7(6-3-12-4-8-6)11-5-1-10-2-5/h3-5H,1-2H2. The number of hydrogen-bond acceptors (Lipinski definition) is 5. The Morgan fingerprint density at radius 3 is 3.08 bits per heavy atom. The van der Waals surface area contributed by atoms with E-state index >= 15 is 0 Å². The minimum atomic E-state index is -0.357. The van der Waals surface area contributed by atoms with Gasteiger partial charge in [0.15, 0.2) is 5.69 Å². The Kier molecular flexibility index (Phi) is 2.05. The molecular weight excluding hydrogens is 178 g/mol. The van der Waals surface area contributed by atoms with E-state index in [9.17, 15) is 4.79 Å². The van der Waals surface area contributed by atoms with Crippen molar-refractivity contribution in [3.63, 3.8) is 0 Å². The predicted octanol–water partition coefficient (Wildman–Crippen LogP) is 0.699. The van der Waals surface area contributed by atoms with Crippen LogP contribution in [0.3, 0.4) is 0 Å². The van der Waals surface area contributed by atoms with Gasteiger partial charge in [0.1, 0.15) is 6.10 Å². The third kappa shape index (κ3) is 1.46. The molecule has 0 aliphatic carbocycles. The van der Waals surface area contributed by atoms with E-state index in [4.69, 9.17) is 9.47 Å². The van der Waals surface area contributed by atoms with Gasteiger partial charge in [-0.1, -0.05) is 0 Å². The molecule has 0 bridgehead atoms. The molecule has 2 heterocycles. The van der Waals surface area contributed by atoms with Gasteiger partial charge in [-0.2, -0.15) is 0 Å². The third-order valence-corrected chi connectivity index (χ3v) is 2.11. The van der Waals surface area contributed by atoms with Gasteiger partial charge in [0.25, 0.3) is 0 Å². The number of esters is 1. The zero-order valence-corrected chi connectivity index (χ0v) is 7.04. The Labute approximate surface area is 73.1 Å². The van der Waals surface area contributed by atoms with Crippen LogP contribution in [0, 0.1) is 0 Å². The van der Waals surface area contributed by atoms with Gasteiger partial charge in [-0.25, -0.2) is 9.78 Å². The number of carbonyl (C=O) groups excluding carboxylic acids is 1. The third-order valence-electron chi connectivity index (χ3n) is 1.52. The predicted molar refractivity (Wildman–Crippen MR) is 42.1 cm³/mol. The number of hydrogen-bond donors (Lipinski definition) is 0. The van der Waals surface area contributed by atoms with E-state index in [2.05, 4.69) is 4.98 Å². The molecule has 5 heteroatoms. The van der Waals surface area contributed by atoms with Gasteiger partial charge in [0, 0.05) is 5.38 Å². The highest BCUT2D eigenvalue weighted by Gasteiger charge is 2.23. The fraction of sp³-hybridized carbons (Fsp3) is 0.429. The molecule has 1 aromatic rings. The molecule has 0 unspecified atom stereocenters. The lowest BCUT2D eigenvalue weighted by Crippen LogP contribution is -2.37. The van der Waals surface area contributed by atoms with Crippen LogP contribution in [0.1, 0.15) is 10.5 Å². The number of thiazole rings is 1. The molecule has 1 fully saturated rings. The second-order valence-corrected chi connectivity index (χ2v) is 3.16. The van der Waals surface area contributed by atoms with E-state index in [-0.39, 0.29) is 12.1 Å². The number of carbonyl (C=O) groups is 1. The smallest absolute Gasteiger partial charge is 0.358 e. The first kappa shape index (κ1) is 7.70. The molecule has 4 nitrogen and oxygen atoms in total. The lowest BCUT2D eigenvalue weighted by Gasteiger charge is -2.25. The van der Waals surface area contributed by atoms with Crippen LogP contribution in [-0.4, -0.2) is 30.3 Å². The first-order chi connectivity index (χ1) is 5.86. The molecule has 0 N–H and O–H groups in total. The maximum absolute atomic E-state index is 11.2. The molecule has 12 heavy (non-hydrogen) atoms. The van der Waals surface area contributed by atoms with Gasteiger partial charge in [0.05, 0.1) is 18.7 Å². The topological polar surface area (TPSA) is 48.4 Å². The van der Waals surface area contributed by atoms with E-state index in [1.807, 2.05) is 0 Å². The Balaban J connectivity index is 1.92. The largest absolute Gasteiger partial charge is 0.453 e. The maximum atomic E-state index is 11.2. The van der Waals surface area contributed by atoms with Crippen molar-refractivity contribution in [1.29, 1.82) is 0 Å². The SMILES string of the molecule is O=C(OC1COC1)c1cscn1. The van der Waals surface area contributed by atoms with Crippen molar-refractivity contribution in [2.45, 2.75) is 6.10 Å². The number of rotatable bonds is 2. The zero-order chi connectivity index (χ0) is 8.39. The van der Waals surface area contributed by atoms with Gasteiger partial charge in [0.2, 0.25) is 0 Å². The van der Waals surface area contributed by atoms with Crippen molar-refractivity contribution in [2.75, 3.05) is 13.2 Å². The van der Waals surface area contributed by atoms with E-state index in [1.54, 1.807) is 10.9 Å². The van der Waals surface area contributed by atoms with Crippen LogP contribution in [0.4, 0.5) is 0 Å². The van der Waals surface area contributed by atoms with Crippen molar-refractivity contribution in [3.05, 3.63) is 16.6 Å². The maximum Gasteiger partial charge on any atom is 0.358 e. The summed E-state index contributed by atoms with van der Waals surface area (Å²) >= 11 is 1.38. The number of aromatic nitrogens is 1. The van der Waals surface area contributed by atoms with Gasteiger partial charge in [-0.15, -0.1) is 11.3 Å². The second kappa shape index (κ2) is 3.20. The molecule has 2 rings (SSSR count). The minimum Gasteiger partial charge on any atom is -0.453 e. The fourth-order valence-corrected chi connectivity index (χ4v) is 1.33. The van der Waals surface area contributed by atoms with Gasteiger partial charge >= 0.3 is 5.97 Å². The summed E-state index contributed by atoms with van der Waals surface area (Å²) in [7, 11) is 0. The molecule has 1 saturated heterocycles. The molecule has 1 aliphatic heterocycles. The zero-order valence-electron chi connectivity index (χ0n) is 6.23. The first-order valence-electron chi connectivity index (χ1n) is 3.53. The Morgan fingerprint density at radius 2 is 2.58 bits per heavy atom. The summed E-state index contributed by atoms with van der Waals surface area (Å²) in [5.41, 5.74) is 1.99. The molecule has 0 spiro atoms. The van der Waals surface area contributed by atoms with Crippen molar-refractivity contribution < 1.29 is 14.3 Å². The summed E-state index contributed by atoms with van der Waals surface area (Å²) in [6.07, 6.45) is -0.0702. The highest BCUT2D eigenvalue weighted by molar-refractivity contribution is 7.07. The van der Waals surface area contributed by atoms with Crippen LogP contribution in [0.25, 0.3) is 0 Å². The van der Waals surface area contributed by atoms with Crippen LogP contribution in [0.5, 0.6) is 0 Å². The molecule has 1 aliphatic rings. The average molecular weight is 185 g/mol. The van der Waals surface area contributed by atoms with Crippen molar-refractivity contribution >= 4 is 17.3 Å². The van der Waals surface area contributed by atoms with E-state index in [1.165, 1.54) is 11.3 Å². The summed E-state index contributed by atoms with van der Waals surface area (Å²) in [4.78, 5) is 15.0. The molecule has 0 saturated carbocycles. The first-order valence-corrected chi connectivity index (χ1v) is 4.47. The van der Waals surface area contributed by atoms with E-state index < -0.39 is 0 Å². The summed E-state index contributed by atoms with van der Waals surface area (Å²) < 4.78 is 9.87. The molecule has 64 valence electrons. The van der Waals surface area contributed by atoms with Gasteiger partial charge in [-0.3, -0.25) is 0 Å². The van der Waals surface area contributed by atoms with Crippen molar-refractivity contribution in [3.8, 4) is 0 Å². The van der Waals surface area contributed by atoms with Crippen LogP contribution < -0.4 is 0 Å². The summed E-state index contributed by atoms with van der Waals surface area (Å²) in [6, 6.07) is 0. The Morgan fingerprint density at radius 1 is 1.75 bits per heavy atom. The summed E-state index contributed by atoms with van der Waals surface area (Å²) in [6.45, 7) is 1.02. The second-order valence-electron chi connectivity index (χ2n) is 2.44. The van der Waals surface area contributed by atoms with Crippen LogP contribution in [0.15, 0.2) is 10.9 Å². The lowest BCUT2D eigenvalue weighted by atomic mass is 10.3.